The van der Waals surface area contributed by atoms with Crippen molar-refractivity contribution in [2.24, 2.45) is 5.92 Å². The molecular formula is C14H26N4. The molecule has 0 saturated heterocycles. The van der Waals surface area contributed by atoms with Gasteiger partial charge in [0.15, 0.2) is 0 Å². The highest BCUT2D eigenvalue weighted by Crippen LogP contribution is 2.21. The van der Waals surface area contributed by atoms with Crippen LogP contribution < -0.4 is 10.6 Å². The summed E-state index contributed by atoms with van der Waals surface area (Å²) in [4.78, 5) is 8.86. The standard InChI is InChI=1S/C14H26N4/c1-9(2)7-8-10(3)16-14-11(4)13(15-6)17-12(5)18-14/h9-10H,7-8H2,1-6H3,(H2,15,16,17,18). The molecule has 1 aromatic heterocycles. The van der Waals surface area contributed by atoms with Gasteiger partial charge in [0.05, 0.1) is 0 Å². The molecule has 0 aliphatic carbocycles. The van der Waals surface area contributed by atoms with Crippen LogP contribution in [0.1, 0.15) is 45.0 Å². The Kier molecular flexibility index (Phi) is 5.38. The largest absolute Gasteiger partial charge is 0.373 e. The molecule has 0 aromatic carbocycles. The van der Waals surface area contributed by atoms with Crippen LogP contribution in [0.15, 0.2) is 0 Å². The van der Waals surface area contributed by atoms with Crippen LogP contribution in [0.4, 0.5) is 11.6 Å². The maximum atomic E-state index is 4.49. The van der Waals surface area contributed by atoms with Crippen LogP contribution in [0.2, 0.25) is 0 Å². The van der Waals surface area contributed by atoms with Gasteiger partial charge >= 0.3 is 0 Å². The lowest BCUT2D eigenvalue weighted by molar-refractivity contribution is 0.527. The molecule has 4 heteroatoms. The summed E-state index contributed by atoms with van der Waals surface area (Å²) in [5.41, 5.74) is 1.08. The average Bonchev–Trinajstić information content (AvgIpc) is 2.30. The predicted molar refractivity (Wildman–Crippen MR) is 78.2 cm³/mol. The molecule has 1 heterocycles. The van der Waals surface area contributed by atoms with Crippen molar-refractivity contribution in [2.45, 2.75) is 53.5 Å². The number of rotatable bonds is 6. The first-order chi connectivity index (χ1) is 8.43. The fourth-order valence-corrected chi connectivity index (χ4v) is 1.90. The second-order valence-electron chi connectivity index (χ2n) is 5.36. The lowest BCUT2D eigenvalue weighted by Crippen LogP contribution is -2.18. The Bertz CT molecular complexity index is 388. The number of nitrogens with one attached hydrogen (secondary N) is 2. The molecule has 0 aliphatic rings. The maximum absolute atomic E-state index is 4.49. The van der Waals surface area contributed by atoms with E-state index >= 15 is 0 Å². The van der Waals surface area contributed by atoms with E-state index in [1.54, 1.807) is 0 Å². The zero-order valence-corrected chi connectivity index (χ0v) is 12.5. The van der Waals surface area contributed by atoms with Gasteiger partial charge in [0, 0.05) is 18.7 Å². The number of aromatic nitrogens is 2. The summed E-state index contributed by atoms with van der Waals surface area (Å²) in [6.45, 7) is 10.7. The number of hydrogen-bond acceptors (Lipinski definition) is 4. The zero-order chi connectivity index (χ0) is 13.7. The van der Waals surface area contributed by atoms with Gasteiger partial charge in [0.1, 0.15) is 17.5 Å². The molecule has 1 atom stereocenters. The van der Waals surface area contributed by atoms with Crippen molar-refractivity contribution in [1.29, 1.82) is 0 Å². The first-order valence-electron chi connectivity index (χ1n) is 6.73. The summed E-state index contributed by atoms with van der Waals surface area (Å²) in [6.07, 6.45) is 2.39. The minimum absolute atomic E-state index is 0.435. The van der Waals surface area contributed by atoms with Gasteiger partial charge in [-0.15, -0.1) is 0 Å². The van der Waals surface area contributed by atoms with E-state index in [1.807, 2.05) is 20.9 Å². The topological polar surface area (TPSA) is 49.8 Å². The summed E-state index contributed by atoms with van der Waals surface area (Å²) in [5, 5.41) is 6.60. The first kappa shape index (κ1) is 14.7. The van der Waals surface area contributed by atoms with E-state index in [1.165, 1.54) is 6.42 Å². The summed E-state index contributed by atoms with van der Waals surface area (Å²) in [6, 6.07) is 0.435. The summed E-state index contributed by atoms with van der Waals surface area (Å²) in [5.74, 6) is 3.39. The van der Waals surface area contributed by atoms with Crippen LogP contribution in [0.5, 0.6) is 0 Å². The fourth-order valence-electron chi connectivity index (χ4n) is 1.90. The molecule has 0 amide bonds. The van der Waals surface area contributed by atoms with Crippen LogP contribution in [0, 0.1) is 19.8 Å². The van der Waals surface area contributed by atoms with Crippen LogP contribution in [0.3, 0.4) is 0 Å². The van der Waals surface area contributed by atoms with Gasteiger partial charge in [0.25, 0.3) is 0 Å². The van der Waals surface area contributed by atoms with Gasteiger partial charge in [0.2, 0.25) is 0 Å². The SMILES string of the molecule is CNc1nc(C)nc(NC(C)CCC(C)C)c1C. The van der Waals surface area contributed by atoms with Crippen molar-refractivity contribution in [3.63, 3.8) is 0 Å². The summed E-state index contributed by atoms with van der Waals surface area (Å²) < 4.78 is 0. The Morgan fingerprint density at radius 3 is 2.17 bits per heavy atom. The summed E-state index contributed by atoms with van der Waals surface area (Å²) >= 11 is 0. The number of anilines is 2. The fraction of sp³-hybridized carbons (Fsp3) is 0.714. The third-order valence-corrected chi connectivity index (χ3v) is 3.05. The highest BCUT2D eigenvalue weighted by Gasteiger charge is 2.11. The number of aryl methyl sites for hydroxylation is 1. The number of nitrogens with zero attached hydrogens (tertiary/aromatic N) is 2. The maximum Gasteiger partial charge on any atom is 0.134 e. The van der Waals surface area contributed by atoms with E-state index < -0.39 is 0 Å². The lowest BCUT2D eigenvalue weighted by atomic mass is 10.0. The van der Waals surface area contributed by atoms with Crippen molar-refractivity contribution in [3.8, 4) is 0 Å². The molecule has 0 fully saturated rings. The van der Waals surface area contributed by atoms with E-state index in [4.69, 9.17) is 0 Å². The normalized spacial score (nSPS) is 12.6. The molecule has 1 rings (SSSR count). The van der Waals surface area contributed by atoms with Gasteiger partial charge in [-0.2, -0.15) is 0 Å². The second-order valence-corrected chi connectivity index (χ2v) is 5.36. The molecule has 0 bridgehead atoms. The highest BCUT2D eigenvalue weighted by atomic mass is 15.1. The molecule has 4 nitrogen and oxygen atoms in total. The highest BCUT2D eigenvalue weighted by molar-refractivity contribution is 5.57. The number of hydrogen-bond donors (Lipinski definition) is 2. The molecule has 18 heavy (non-hydrogen) atoms. The molecule has 1 unspecified atom stereocenters. The van der Waals surface area contributed by atoms with E-state index in [0.29, 0.717) is 6.04 Å². The molecule has 0 spiro atoms. The van der Waals surface area contributed by atoms with E-state index in [-0.39, 0.29) is 0 Å². The first-order valence-corrected chi connectivity index (χ1v) is 6.73. The molecule has 0 radical (unpaired) electrons. The molecule has 102 valence electrons. The van der Waals surface area contributed by atoms with Crippen LogP contribution >= 0.6 is 0 Å². The quantitative estimate of drug-likeness (QED) is 0.812. The van der Waals surface area contributed by atoms with Crippen LogP contribution in [-0.4, -0.2) is 23.1 Å². The Morgan fingerprint density at radius 1 is 1.00 bits per heavy atom. The van der Waals surface area contributed by atoms with Gasteiger partial charge in [-0.1, -0.05) is 13.8 Å². The van der Waals surface area contributed by atoms with E-state index in [0.717, 1.165) is 35.4 Å². The predicted octanol–water partition coefficient (Wildman–Crippen LogP) is 3.37. The minimum atomic E-state index is 0.435. The molecule has 0 saturated carbocycles. The Balaban J connectivity index is 2.74. The van der Waals surface area contributed by atoms with Gasteiger partial charge in [-0.25, -0.2) is 9.97 Å². The smallest absolute Gasteiger partial charge is 0.134 e. The molecule has 1 aromatic rings. The third-order valence-electron chi connectivity index (χ3n) is 3.05. The van der Waals surface area contributed by atoms with E-state index in [9.17, 15) is 0 Å². The summed E-state index contributed by atoms with van der Waals surface area (Å²) in [7, 11) is 1.89. The minimum Gasteiger partial charge on any atom is -0.373 e. The Morgan fingerprint density at radius 2 is 1.61 bits per heavy atom. The second kappa shape index (κ2) is 6.57. The van der Waals surface area contributed by atoms with Gasteiger partial charge < -0.3 is 10.6 Å². The van der Waals surface area contributed by atoms with Crippen molar-refractivity contribution >= 4 is 11.6 Å². The monoisotopic (exact) mass is 250 g/mol. The molecular weight excluding hydrogens is 224 g/mol. The van der Waals surface area contributed by atoms with Gasteiger partial charge in [-0.3, -0.25) is 0 Å². The van der Waals surface area contributed by atoms with Crippen LogP contribution in [-0.2, 0) is 0 Å². The Hall–Kier alpha value is -1.32. The third kappa shape index (κ3) is 4.17. The van der Waals surface area contributed by atoms with Crippen molar-refractivity contribution in [3.05, 3.63) is 11.4 Å². The molecule has 2 N–H and O–H groups in total. The Labute approximate surface area is 111 Å². The van der Waals surface area contributed by atoms with E-state index in [2.05, 4.69) is 41.4 Å². The van der Waals surface area contributed by atoms with Crippen LogP contribution in [0.25, 0.3) is 0 Å². The van der Waals surface area contributed by atoms with Crippen molar-refractivity contribution < 1.29 is 0 Å². The average molecular weight is 250 g/mol. The van der Waals surface area contributed by atoms with Gasteiger partial charge in [-0.05, 0) is 39.5 Å². The lowest BCUT2D eigenvalue weighted by Gasteiger charge is -2.18. The van der Waals surface area contributed by atoms with Crippen molar-refractivity contribution in [2.75, 3.05) is 17.7 Å². The van der Waals surface area contributed by atoms with Crippen molar-refractivity contribution in [1.82, 2.24) is 9.97 Å². The zero-order valence-electron chi connectivity index (χ0n) is 12.5. The molecule has 0 aliphatic heterocycles.